The van der Waals surface area contributed by atoms with Crippen molar-refractivity contribution in [1.82, 2.24) is 0 Å². The van der Waals surface area contributed by atoms with Gasteiger partial charge in [-0.3, -0.25) is 0 Å². The van der Waals surface area contributed by atoms with E-state index in [0.717, 1.165) is 24.1 Å². The molecule has 0 saturated carbocycles. The largest absolute Gasteiger partial charge is 0.494 e. The molecule has 0 aromatic heterocycles. The molecule has 1 rings (SSSR count). The minimum atomic E-state index is 0.408. The van der Waals surface area contributed by atoms with Crippen LogP contribution in [0.5, 0.6) is 5.75 Å². The van der Waals surface area contributed by atoms with Crippen LogP contribution in [0.25, 0.3) is 0 Å². The Hall–Kier alpha value is -0.500. The quantitative estimate of drug-likeness (QED) is 0.552. The van der Waals surface area contributed by atoms with Crippen LogP contribution in [0, 0.1) is 5.41 Å². The number of para-hydroxylation sites is 1. The fourth-order valence-corrected chi connectivity index (χ4v) is 3.12. The highest BCUT2D eigenvalue weighted by Crippen LogP contribution is 2.34. The molecular weight excluding hydrogens is 288 g/mol. The van der Waals surface area contributed by atoms with Gasteiger partial charge in [-0.15, -0.1) is 0 Å². The molecule has 1 atom stereocenters. The Morgan fingerprint density at radius 2 is 1.83 bits per heavy atom. The molecule has 0 aliphatic heterocycles. The number of ether oxygens (including phenoxy) is 1. The van der Waals surface area contributed by atoms with E-state index in [1.807, 2.05) is 30.3 Å². The third kappa shape index (κ3) is 5.01. The van der Waals surface area contributed by atoms with Crippen LogP contribution in [-0.2, 0) is 0 Å². The first-order valence-corrected chi connectivity index (χ1v) is 8.12. The lowest BCUT2D eigenvalue weighted by atomic mass is 9.79. The smallest absolute Gasteiger partial charge is 0.119 e. The molecule has 0 N–H and O–H groups in total. The van der Waals surface area contributed by atoms with Crippen molar-refractivity contribution in [2.24, 2.45) is 5.41 Å². The maximum Gasteiger partial charge on any atom is 0.119 e. The average molecular weight is 313 g/mol. The summed E-state index contributed by atoms with van der Waals surface area (Å²) in [7, 11) is 0. The van der Waals surface area contributed by atoms with Crippen LogP contribution < -0.4 is 4.74 Å². The highest BCUT2D eigenvalue weighted by Gasteiger charge is 2.26. The summed E-state index contributed by atoms with van der Waals surface area (Å²) in [6.45, 7) is 5.36. The second kappa shape index (κ2) is 8.58. The van der Waals surface area contributed by atoms with Crippen molar-refractivity contribution in [2.75, 3.05) is 11.9 Å². The average Bonchev–Trinajstić information content (AvgIpc) is 2.44. The van der Waals surface area contributed by atoms with Gasteiger partial charge in [-0.05, 0) is 36.8 Å². The topological polar surface area (TPSA) is 9.23 Å². The monoisotopic (exact) mass is 312 g/mol. The number of benzene rings is 1. The van der Waals surface area contributed by atoms with E-state index in [4.69, 9.17) is 4.74 Å². The van der Waals surface area contributed by atoms with Crippen LogP contribution in [0.15, 0.2) is 30.3 Å². The lowest BCUT2D eigenvalue weighted by molar-refractivity contribution is 0.195. The van der Waals surface area contributed by atoms with Crippen LogP contribution in [0.3, 0.4) is 0 Å². The van der Waals surface area contributed by atoms with Gasteiger partial charge in [0.2, 0.25) is 0 Å². The minimum absolute atomic E-state index is 0.408. The lowest BCUT2D eigenvalue weighted by Crippen LogP contribution is -2.24. The van der Waals surface area contributed by atoms with Crippen LogP contribution in [-0.4, -0.2) is 11.9 Å². The zero-order valence-corrected chi connectivity index (χ0v) is 13.2. The van der Waals surface area contributed by atoms with Crippen molar-refractivity contribution in [2.45, 2.75) is 46.0 Å². The summed E-state index contributed by atoms with van der Waals surface area (Å²) in [5.41, 5.74) is 0.408. The summed E-state index contributed by atoms with van der Waals surface area (Å²) in [4.78, 5) is 0. The van der Waals surface area contributed by atoms with Gasteiger partial charge >= 0.3 is 0 Å². The van der Waals surface area contributed by atoms with E-state index >= 15 is 0 Å². The number of alkyl halides is 1. The Bertz CT molecular complexity index is 306. The summed E-state index contributed by atoms with van der Waals surface area (Å²) in [6, 6.07) is 10.1. The molecule has 1 aromatic carbocycles. The predicted molar refractivity (Wildman–Crippen MR) is 82.6 cm³/mol. The molecule has 1 aromatic rings. The number of halogens is 1. The molecule has 102 valence electrons. The van der Waals surface area contributed by atoms with Gasteiger partial charge < -0.3 is 4.74 Å². The summed E-state index contributed by atoms with van der Waals surface area (Å²) in [6.07, 6.45) is 6.22. The fourth-order valence-electron chi connectivity index (χ4n) is 2.16. The third-order valence-electron chi connectivity index (χ3n) is 3.74. The minimum Gasteiger partial charge on any atom is -0.494 e. The van der Waals surface area contributed by atoms with Gasteiger partial charge in [0.05, 0.1) is 6.61 Å². The van der Waals surface area contributed by atoms with Gasteiger partial charge in [0.15, 0.2) is 0 Å². The van der Waals surface area contributed by atoms with Crippen molar-refractivity contribution in [1.29, 1.82) is 0 Å². The highest BCUT2D eigenvalue weighted by atomic mass is 79.9. The number of unbranched alkanes of at least 4 members (excludes halogenated alkanes) is 1. The standard InChI is InChI=1S/C16H25BrO/c1-3-5-11-16(4-2,14-17)12-13-18-15-9-7-6-8-10-15/h6-10H,3-5,11-14H2,1-2H3. The molecule has 0 bridgehead atoms. The van der Waals surface area contributed by atoms with Gasteiger partial charge in [-0.2, -0.15) is 0 Å². The van der Waals surface area contributed by atoms with E-state index < -0.39 is 0 Å². The highest BCUT2D eigenvalue weighted by molar-refractivity contribution is 9.09. The Kier molecular flexibility index (Phi) is 7.41. The fraction of sp³-hybridized carbons (Fsp3) is 0.625. The zero-order chi connectivity index (χ0) is 13.3. The Morgan fingerprint density at radius 1 is 1.11 bits per heavy atom. The predicted octanol–water partition coefficient (Wildman–Crippen LogP) is 5.44. The zero-order valence-electron chi connectivity index (χ0n) is 11.6. The van der Waals surface area contributed by atoms with Gasteiger partial charge in [0, 0.05) is 5.33 Å². The van der Waals surface area contributed by atoms with E-state index in [-0.39, 0.29) is 0 Å². The number of hydrogen-bond donors (Lipinski definition) is 0. The van der Waals surface area contributed by atoms with Gasteiger partial charge in [0.25, 0.3) is 0 Å². The second-order valence-electron chi connectivity index (χ2n) is 5.00. The first kappa shape index (κ1) is 15.6. The van der Waals surface area contributed by atoms with Crippen LogP contribution in [0.2, 0.25) is 0 Å². The van der Waals surface area contributed by atoms with Crippen LogP contribution >= 0.6 is 15.9 Å². The summed E-state index contributed by atoms with van der Waals surface area (Å²) in [5, 5.41) is 1.08. The van der Waals surface area contributed by atoms with Crippen molar-refractivity contribution in [3.63, 3.8) is 0 Å². The molecule has 0 amide bonds. The number of rotatable bonds is 9. The Morgan fingerprint density at radius 3 is 2.39 bits per heavy atom. The van der Waals surface area contributed by atoms with Gasteiger partial charge in [-0.25, -0.2) is 0 Å². The maximum absolute atomic E-state index is 5.82. The SMILES string of the molecule is CCCCC(CC)(CBr)CCOc1ccccc1. The lowest BCUT2D eigenvalue weighted by Gasteiger charge is -2.30. The first-order chi connectivity index (χ1) is 8.76. The third-order valence-corrected chi connectivity index (χ3v) is 4.93. The van der Waals surface area contributed by atoms with E-state index in [1.54, 1.807) is 0 Å². The molecule has 1 unspecified atom stereocenters. The molecule has 0 radical (unpaired) electrons. The van der Waals surface area contributed by atoms with Crippen molar-refractivity contribution < 1.29 is 4.74 Å². The Labute approximate surface area is 120 Å². The second-order valence-corrected chi connectivity index (χ2v) is 5.56. The molecule has 2 heteroatoms. The molecule has 18 heavy (non-hydrogen) atoms. The van der Waals surface area contributed by atoms with E-state index in [1.165, 1.54) is 25.7 Å². The normalized spacial score (nSPS) is 14.2. The van der Waals surface area contributed by atoms with Crippen molar-refractivity contribution in [3.8, 4) is 5.75 Å². The molecule has 0 heterocycles. The van der Waals surface area contributed by atoms with Gasteiger partial charge in [-0.1, -0.05) is 60.8 Å². The molecule has 0 aliphatic rings. The van der Waals surface area contributed by atoms with Crippen LogP contribution in [0.4, 0.5) is 0 Å². The van der Waals surface area contributed by atoms with Crippen LogP contribution in [0.1, 0.15) is 46.0 Å². The first-order valence-electron chi connectivity index (χ1n) is 7.00. The van der Waals surface area contributed by atoms with Crippen molar-refractivity contribution in [3.05, 3.63) is 30.3 Å². The molecule has 0 saturated heterocycles. The Balaban J connectivity index is 2.42. The summed E-state index contributed by atoms with van der Waals surface area (Å²) >= 11 is 3.69. The molecule has 1 nitrogen and oxygen atoms in total. The molecule has 0 aliphatic carbocycles. The van der Waals surface area contributed by atoms with E-state index in [0.29, 0.717) is 5.41 Å². The summed E-state index contributed by atoms with van der Waals surface area (Å²) < 4.78 is 5.82. The maximum atomic E-state index is 5.82. The van der Waals surface area contributed by atoms with Gasteiger partial charge in [0.1, 0.15) is 5.75 Å². The van der Waals surface area contributed by atoms with E-state index in [2.05, 4.69) is 29.8 Å². The molecule has 0 fully saturated rings. The van der Waals surface area contributed by atoms with Crippen molar-refractivity contribution >= 4 is 15.9 Å². The molecule has 0 spiro atoms. The molecular formula is C16H25BrO. The summed E-state index contributed by atoms with van der Waals surface area (Å²) in [5.74, 6) is 0.979. The van der Waals surface area contributed by atoms with E-state index in [9.17, 15) is 0 Å². The number of hydrogen-bond acceptors (Lipinski definition) is 1.